The topological polar surface area (TPSA) is 49.8 Å². The van der Waals surface area contributed by atoms with Crippen LogP contribution >= 0.6 is 0 Å². The summed E-state index contributed by atoms with van der Waals surface area (Å²) in [4.78, 5) is 16.5. The van der Waals surface area contributed by atoms with Crippen LogP contribution in [0.3, 0.4) is 0 Å². The second-order valence-corrected chi connectivity index (χ2v) is 5.62. The maximum Gasteiger partial charge on any atom is 0.432 e. The minimum Gasteiger partial charge on any atom is -0.463 e. The first-order valence-electron chi connectivity index (χ1n) is 6.30. The summed E-state index contributed by atoms with van der Waals surface area (Å²) in [5.41, 5.74) is -1.38. The number of benzene rings is 1. The Labute approximate surface area is 121 Å². The molecule has 0 heterocycles. The van der Waals surface area contributed by atoms with Crippen LogP contribution in [0.2, 0.25) is 0 Å². The van der Waals surface area contributed by atoms with Crippen molar-refractivity contribution in [1.82, 2.24) is 5.06 Å². The van der Waals surface area contributed by atoms with Crippen LogP contribution in [0.1, 0.15) is 44.9 Å². The monoisotopic (exact) mass is 305 g/mol. The van der Waals surface area contributed by atoms with Crippen molar-refractivity contribution in [2.24, 2.45) is 0 Å². The number of nitrogens with zero attached hydrogens (tertiary/aromatic N) is 1. The Bertz CT molecular complexity index is 509. The molecule has 7 heteroatoms. The van der Waals surface area contributed by atoms with Crippen molar-refractivity contribution >= 4 is 6.09 Å². The van der Waals surface area contributed by atoms with Gasteiger partial charge in [-0.05, 0) is 45.4 Å². The van der Waals surface area contributed by atoms with Crippen LogP contribution in [0.25, 0.3) is 0 Å². The molecular formula is C14H18F3NO3. The zero-order valence-electron chi connectivity index (χ0n) is 12.2. The summed E-state index contributed by atoms with van der Waals surface area (Å²) in [7, 11) is 0. The quantitative estimate of drug-likeness (QED) is 0.838. The predicted molar refractivity (Wildman–Crippen MR) is 70.6 cm³/mol. The first kappa shape index (κ1) is 17.3. The largest absolute Gasteiger partial charge is 0.463 e. The molecule has 0 aliphatic carbocycles. The average Bonchev–Trinajstić information content (AvgIpc) is 2.33. The molecule has 0 fully saturated rings. The van der Waals surface area contributed by atoms with Crippen molar-refractivity contribution in [1.29, 1.82) is 0 Å². The van der Waals surface area contributed by atoms with Gasteiger partial charge >= 0.3 is 12.3 Å². The molecule has 1 amide bonds. The van der Waals surface area contributed by atoms with Crippen LogP contribution in [0.5, 0.6) is 0 Å². The lowest BCUT2D eigenvalue weighted by Gasteiger charge is -2.33. The summed E-state index contributed by atoms with van der Waals surface area (Å²) in [6, 6.07) is 4.63. The summed E-state index contributed by atoms with van der Waals surface area (Å²) in [6.45, 7) is 6.37. The van der Waals surface area contributed by atoms with Gasteiger partial charge in [0.1, 0.15) is 6.10 Å². The molecule has 4 nitrogen and oxygen atoms in total. The highest BCUT2D eigenvalue weighted by Crippen LogP contribution is 2.32. The van der Waals surface area contributed by atoms with Crippen LogP contribution in [0.15, 0.2) is 24.3 Å². The number of amides is 1. The fourth-order valence-corrected chi connectivity index (χ4v) is 1.68. The van der Waals surface area contributed by atoms with Gasteiger partial charge in [-0.2, -0.15) is 18.2 Å². The van der Waals surface area contributed by atoms with E-state index in [1.165, 1.54) is 19.1 Å². The molecule has 0 spiro atoms. The molecule has 1 aromatic rings. The Hall–Kier alpha value is -1.76. The Kier molecular flexibility index (Phi) is 4.88. The van der Waals surface area contributed by atoms with Crippen molar-refractivity contribution in [3.05, 3.63) is 35.4 Å². The number of halogens is 3. The third-order valence-corrected chi connectivity index (χ3v) is 2.73. The SMILES string of the molecule is CC(ON(C(=O)O)C(C)(C)C)c1cccc(C(F)(F)F)c1. The smallest absolute Gasteiger partial charge is 0.432 e. The minimum absolute atomic E-state index is 0.250. The summed E-state index contributed by atoms with van der Waals surface area (Å²) in [5, 5.41) is 9.84. The first-order chi connectivity index (χ1) is 9.43. The third kappa shape index (κ3) is 4.63. The van der Waals surface area contributed by atoms with Gasteiger partial charge < -0.3 is 5.11 Å². The molecule has 1 rings (SSSR count). The highest BCUT2D eigenvalue weighted by molar-refractivity contribution is 5.64. The van der Waals surface area contributed by atoms with E-state index in [2.05, 4.69) is 0 Å². The van der Waals surface area contributed by atoms with Gasteiger partial charge in [0.15, 0.2) is 0 Å². The molecule has 118 valence electrons. The second-order valence-electron chi connectivity index (χ2n) is 5.62. The molecule has 0 saturated heterocycles. The number of hydroxylamine groups is 2. The second kappa shape index (κ2) is 5.93. The van der Waals surface area contributed by atoms with Crippen molar-refractivity contribution < 1.29 is 27.9 Å². The predicted octanol–water partition coefficient (Wildman–Crippen LogP) is 4.48. The van der Waals surface area contributed by atoms with Crippen molar-refractivity contribution in [3.63, 3.8) is 0 Å². The Morgan fingerprint density at radius 1 is 1.29 bits per heavy atom. The van der Waals surface area contributed by atoms with Crippen molar-refractivity contribution in [2.75, 3.05) is 0 Å². The van der Waals surface area contributed by atoms with E-state index in [1.54, 1.807) is 20.8 Å². The van der Waals surface area contributed by atoms with E-state index >= 15 is 0 Å². The lowest BCUT2D eigenvalue weighted by Crippen LogP contribution is -2.45. The van der Waals surface area contributed by atoms with E-state index in [0.29, 0.717) is 0 Å². The van der Waals surface area contributed by atoms with Crippen molar-refractivity contribution in [3.8, 4) is 0 Å². The zero-order chi connectivity index (χ0) is 16.4. The van der Waals surface area contributed by atoms with E-state index < -0.39 is 29.5 Å². The van der Waals surface area contributed by atoms with E-state index in [0.717, 1.165) is 17.2 Å². The van der Waals surface area contributed by atoms with E-state index in [9.17, 15) is 18.0 Å². The van der Waals surface area contributed by atoms with Gasteiger partial charge in [-0.25, -0.2) is 4.79 Å². The van der Waals surface area contributed by atoms with Gasteiger partial charge in [-0.15, -0.1) is 0 Å². The molecule has 1 atom stereocenters. The van der Waals surface area contributed by atoms with Gasteiger partial charge in [-0.1, -0.05) is 12.1 Å². The van der Waals surface area contributed by atoms with Gasteiger partial charge in [0.2, 0.25) is 0 Å². The summed E-state index contributed by atoms with van der Waals surface area (Å²) < 4.78 is 38.0. The molecule has 0 aliphatic rings. The van der Waals surface area contributed by atoms with Crippen LogP contribution < -0.4 is 0 Å². The Balaban J connectivity index is 2.99. The molecule has 1 unspecified atom stereocenters. The van der Waals surface area contributed by atoms with Crippen LogP contribution in [0, 0.1) is 0 Å². The highest BCUT2D eigenvalue weighted by atomic mass is 19.4. The zero-order valence-corrected chi connectivity index (χ0v) is 12.2. The maximum absolute atomic E-state index is 12.7. The molecule has 0 bridgehead atoms. The fourth-order valence-electron chi connectivity index (χ4n) is 1.68. The Morgan fingerprint density at radius 3 is 2.29 bits per heavy atom. The fraction of sp³-hybridized carbons (Fsp3) is 0.500. The van der Waals surface area contributed by atoms with Crippen LogP contribution in [-0.2, 0) is 11.0 Å². The number of rotatable bonds is 3. The van der Waals surface area contributed by atoms with Crippen LogP contribution in [-0.4, -0.2) is 21.8 Å². The standard InChI is InChI=1S/C14H18F3NO3/c1-9(21-18(12(19)20)13(2,3)4)10-6-5-7-11(8-10)14(15,16)17/h5-9H,1-4H3,(H,19,20). The van der Waals surface area contributed by atoms with Gasteiger partial charge in [0.25, 0.3) is 0 Å². The molecule has 0 saturated carbocycles. The number of alkyl halides is 3. The lowest BCUT2D eigenvalue weighted by molar-refractivity contribution is -0.210. The van der Waals surface area contributed by atoms with Crippen LogP contribution in [0.4, 0.5) is 18.0 Å². The average molecular weight is 305 g/mol. The normalized spacial score (nSPS) is 13.9. The lowest BCUT2D eigenvalue weighted by atomic mass is 10.1. The highest BCUT2D eigenvalue weighted by Gasteiger charge is 2.32. The Morgan fingerprint density at radius 2 is 1.86 bits per heavy atom. The molecule has 1 aromatic carbocycles. The summed E-state index contributed by atoms with van der Waals surface area (Å²) in [6.07, 6.45) is -6.59. The van der Waals surface area contributed by atoms with E-state index in [1.807, 2.05) is 0 Å². The molecule has 0 aliphatic heterocycles. The van der Waals surface area contributed by atoms with E-state index in [-0.39, 0.29) is 5.56 Å². The van der Waals surface area contributed by atoms with Crippen molar-refractivity contribution in [2.45, 2.75) is 45.5 Å². The maximum atomic E-state index is 12.7. The number of hydrogen-bond acceptors (Lipinski definition) is 2. The van der Waals surface area contributed by atoms with Gasteiger partial charge in [-0.3, -0.25) is 4.84 Å². The number of carbonyl (C=O) groups is 1. The number of hydrogen-bond donors (Lipinski definition) is 1. The third-order valence-electron chi connectivity index (χ3n) is 2.73. The first-order valence-corrected chi connectivity index (χ1v) is 6.30. The molecule has 0 radical (unpaired) electrons. The summed E-state index contributed by atoms with van der Waals surface area (Å²) >= 11 is 0. The molecule has 0 aromatic heterocycles. The summed E-state index contributed by atoms with van der Waals surface area (Å²) in [5.74, 6) is 0. The molecular weight excluding hydrogens is 287 g/mol. The molecule has 1 N–H and O–H groups in total. The van der Waals surface area contributed by atoms with Gasteiger partial charge in [0, 0.05) is 0 Å². The number of carboxylic acid groups (broad SMARTS) is 1. The van der Waals surface area contributed by atoms with E-state index in [4.69, 9.17) is 9.94 Å². The molecule has 21 heavy (non-hydrogen) atoms. The van der Waals surface area contributed by atoms with Gasteiger partial charge in [0.05, 0.1) is 11.1 Å². The minimum atomic E-state index is -4.45.